The average Bonchev–Trinajstić information content (AvgIpc) is 2.21. The first kappa shape index (κ1) is 13.5. The van der Waals surface area contributed by atoms with Gasteiger partial charge >= 0.3 is 5.97 Å². The molecular formula is C13H19NO3. The lowest BCUT2D eigenvalue weighted by Gasteiger charge is -2.30. The molecule has 0 spiro atoms. The summed E-state index contributed by atoms with van der Waals surface area (Å²) in [4.78, 5) is 11.0. The Morgan fingerprint density at radius 2 is 1.76 bits per heavy atom. The molecular weight excluding hydrogens is 218 g/mol. The first-order chi connectivity index (χ1) is 7.67. The third-order valence-corrected chi connectivity index (χ3v) is 3.35. The molecule has 94 valence electrons. The van der Waals surface area contributed by atoms with Crippen molar-refractivity contribution < 1.29 is 15.0 Å². The molecule has 1 atom stereocenters. The van der Waals surface area contributed by atoms with Gasteiger partial charge in [0, 0.05) is 11.0 Å². The van der Waals surface area contributed by atoms with E-state index < -0.39 is 17.4 Å². The van der Waals surface area contributed by atoms with Crippen molar-refractivity contribution in [3.8, 4) is 5.75 Å². The van der Waals surface area contributed by atoms with Gasteiger partial charge in [0.15, 0.2) is 0 Å². The molecule has 0 fully saturated rings. The Bertz CT molecular complexity index is 452. The van der Waals surface area contributed by atoms with E-state index in [1.807, 2.05) is 13.8 Å². The van der Waals surface area contributed by atoms with Crippen molar-refractivity contribution >= 4 is 5.97 Å². The number of aromatic hydroxyl groups is 1. The summed E-state index contributed by atoms with van der Waals surface area (Å²) in [6, 6.07) is 2.38. The second-order valence-electron chi connectivity index (χ2n) is 4.99. The number of carboxylic acids is 1. The van der Waals surface area contributed by atoms with Gasteiger partial charge in [-0.3, -0.25) is 4.79 Å². The summed E-state index contributed by atoms with van der Waals surface area (Å²) in [5, 5.41) is 18.9. The fraction of sp³-hybridized carbons (Fsp3) is 0.462. The fourth-order valence-corrected chi connectivity index (χ4v) is 1.79. The lowest BCUT2D eigenvalue weighted by atomic mass is 9.76. The molecule has 4 heteroatoms. The molecule has 1 aromatic carbocycles. The van der Waals surface area contributed by atoms with Gasteiger partial charge in [-0.25, -0.2) is 0 Å². The van der Waals surface area contributed by atoms with E-state index in [2.05, 4.69) is 0 Å². The zero-order valence-corrected chi connectivity index (χ0v) is 10.6. The van der Waals surface area contributed by atoms with Gasteiger partial charge in [0.1, 0.15) is 11.8 Å². The highest BCUT2D eigenvalue weighted by Crippen LogP contribution is 2.35. The van der Waals surface area contributed by atoms with Crippen LogP contribution in [-0.4, -0.2) is 22.2 Å². The second-order valence-corrected chi connectivity index (χ2v) is 4.99. The van der Waals surface area contributed by atoms with Crippen LogP contribution in [0.1, 0.15) is 30.5 Å². The number of hydrogen-bond acceptors (Lipinski definition) is 3. The van der Waals surface area contributed by atoms with Gasteiger partial charge < -0.3 is 15.9 Å². The third-order valence-electron chi connectivity index (χ3n) is 3.35. The molecule has 0 saturated heterocycles. The molecule has 1 unspecified atom stereocenters. The average molecular weight is 237 g/mol. The topological polar surface area (TPSA) is 83.5 Å². The quantitative estimate of drug-likeness (QED) is 0.747. The number of hydrogen-bond donors (Lipinski definition) is 3. The highest BCUT2D eigenvalue weighted by molar-refractivity contribution is 5.76. The summed E-state index contributed by atoms with van der Waals surface area (Å²) >= 11 is 0. The maximum absolute atomic E-state index is 11.0. The highest BCUT2D eigenvalue weighted by Gasteiger charge is 2.35. The van der Waals surface area contributed by atoms with E-state index in [0.29, 0.717) is 5.56 Å². The van der Waals surface area contributed by atoms with Crippen LogP contribution in [-0.2, 0) is 10.2 Å². The SMILES string of the molecule is Cc1cc(O)c(C(C)(C)C(N)C(=O)O)cc1C. The number of aliphatic carboxylic acids is 1. The molecule has 0 aliphatic rings. The van der Waals surface area contributed by atoms with Gasteiger partial charge in [0.25, 0.3) is 0 Å². The van der Waals surface area contributed by atoms with Crippen LogP contribution in [0.5, 0.6) is 5.75 Å². The zero-order chi connectivity index (χ0) is 13.4. The molecule has 1 aromatic rings. The minimum atomic E-state index is -1.08. The monoisotopic (exact) mass is 237 g/mol. The van der Waals surface area contributed by atoms with E-state index in [4.69, 9.17) is 10.8 Å². The van der Waals surface area contributed by atoms with E-state index >= 15 is 0 Å². The van der Waals surface area contributed by atoms with Gasteiger partial charge in [-0.05, 0) is 31.0 Å². The van der Waals surface area contributed by atoms with Crippen molar-refractivity contribution in [1.82, 2.24) is 0 Å². The maximum Gasteiger partial charge on any atom is 0.321 e. The molecule has 4 nitrogen and oxygen atoms in total. The summed E-state index contributed by atoms with van der Waals surface area (Å²) in [6.45, 7) is 7.24. The first-order valence-electron chi connectivity index (χ1n) is 5.47. The number of carboxylic acid groups (broad SMARTS) is 1. The van der Waals surface area contributed by atoms with Crippen LogP contribution in [0.15, 0.2) is 12.1 Å². The van der Waals surface area contributed by atoms with Crippen molar-refractivity contribution in [3.63, 3.8) is 0 Å². The number of phenolic OH excluding ortho intramolecular Hbond substituents is 1. The predicted molar refractivity (Wildman–Crippen MR) is 66.2 cm³/mol. The number of carbonyl (C=O) groups is 1. The summed E-state index contributed by atoms with van der Waals surface area (Å²) in [7, 11) is 0. The van der Waals surface area contributed by atoms with Gasteiger partial charge in [0.2, 0.25) is 0 Å². The van der Waals surface area contributed by atoms with Crippen molar-refractivity contribution in [1.29, 1.82) is 0 Å². The molecule has 0 aliphatic carbocycles. The van der Waals surface area contributed by atoms with Crippen LogP contribution in [0.2, 0.25) is 0 Å². The Morgan fingerprint density at radius 1 is 1.29 bits per heavy atom. The van der Waals surface area contributed by atoms with Gasteiger partial charge in [0.05, 0.1) is 0 Å². The first-order valence-corrected chi connectivity index (χ1v) is 5.47. The van der Waals surface area contributed by atoms with E-state index in [1.54, 1.807) is 26.0 Å². The number of phenols is 1. The van der Waals surface area contributed by atoms with Gasteiger partial charge in [-0.2, -0.15) is 0 Å². The number of benzene rings is 1. The number of aryl methyl sites for hydroxylation is 2. The third kappa shape index (κ3) is 2.42. The molecule has 4 N–H and O–H groups in total. The summed E-state index contributed by atoms with van der Waals surface area (Å²) < 4.78 is 0. The Hall–Kier alpha value is -1.55. The van der Waals surface area contributed by atoms with Crippen LogP contribution in [0.3, 0.4) is 0 Å². The minimum Gasteiger partial charge on any atom is -0.508 e. The smallest absolute Gasteiger partial charge is 0.321 e. The van der Waals surface area contributed by atoms with E-state index in [-0.39, 0.29) is 5.75 Å². The molecule has 0 saturated carbocycles. The van der Waals surface area contributed by atoms with Gasteiger partial charge in [-0.1, -0.05) is 19.9 Å². The van der Waals surface area contributed by atoms with Crippen LogP contribution in [0.4, 0.5) is 0 Å². The molecule has 0 aromatic heterocycles. The Kier molecular flexibility index (Phi) is 3.48. The van der Waals surface area contributed by atoms with Crippen LogP contribution >= 0.6 is 0 Å². The van der Waals surface area contributed by atoms with Crippen LogP contribution in [0, 0.1) is 13.8 Å². The molecule has 0 radical (unpaired) electrons. The number of nitrogens with two attached hydrogens (primary N) is 1. The van der Waals surface area contributed by atoms with E-state index in [0.717, 1.165) is 11.1 Å². The molecule has 1 rings (SSSR count). The van der Waals surface area contributed by atoms with Crippen LogP contribution < -0.4 is 5.73 Å². The zero-order valence-electron chi connectivity index (χ0n) is 10.6. The second kappa shape index (κ2) is 4.37. The molecule has 0 heterocycles. The lowest BCUT2D eigenvalue weighted by molar-refractivity contribution is -0.140. The highest BCUT2D eigenvalue weighted by atomic mass is 16.4. The molecule has 0 amide bonds. The van der Waals surface area contributed by atoms with Gasteiger partial charge in [-0.15, -0.1) is 0 Å². The fourth-order valence-electron chi connectivity index (χ4n) is 1.79. The van der Waals surface area contributed by atoms with Crippen molar-refractivity contribution in [2.75, 3.05) is 0 Å². The normalized spacial score (nSPS) is 13.5. The summed E-state index contributed by atoms with van der Waals surface area (Å²) in [5.74, 6) is -0.984. The van der Waals surface area contributed by atoms with Crippen molar-refractivity contribution in [3.05, 3.63) is 28.8 Å². The minimum absolute atomic E-state index is 0.0924. The standard InChI is InChI=1S/C13H19NO3/c1-7-5-9(10(15)6-8(7)2)13(3,4)11(14)12(16)17/h5-6,11,15H,14H2,1-4H3,(H,16,17). The van der Waals surface area contributed by atoms with E-state index in [1.165, 1.54) is 0 Å². The van der Waals surface area contributed by atoms with E-state index in [9.17, 15) is 9.90 Å². The maximum atomic E-state index is 11.0. The largest absolute Gasteiger partial charge is 0.508 e. The summed E-state index contributed by atoms with van der Waals surface area (Å²) in [5.41, 5.74) is 7.38. The molecule has 0 bridgehead atoms. The molecule has 0 aliphatic heterocycles. The van der Waals surface area contributed by atoms with Crippen molar-refractivity contribution in [2.45, 2.75) is 39.2 Å². The number of rotatable bonds is 3. The Balaban J connectivity index is 3.33. The Morgan fingerprint density at radius 3 is 2.24 bits per heavy atom. The Labute approximate surface area is 101 Å². The van der Waals surface area contributed by atoms with Crippen molar-refractivity contribution in [2.24, 2.45) is 5.73 Å². The summed E-state index contributed by atoms with van der Waals surface area (Å²) in [6.07, 6.45) is 0. The predicted octanol–water partition coefficient (Wildman–Crippen LogP) is 1.70. The van der Waals surface area contributed by atoms with Crippen LogP contribution in [0.25, 0.3) is 0 Å². The molecule has 17 heavy (non-hydrogen) atoms. The lowest BCUT2D eigenvalue weighted by Crippen LogP contribution is -2.46.